The van der Waals surface area contributed by atoms with Crippen molar-refractivity contribution < 1.29 is 43.8 Å². The third-order valence-electron chi connectivity index (χ3n) is 13.9. The normalized spacial score (nSPS) is 11.0. The van der Waals surface area contributed by atoms with Gasteiger partial charge in [0.1, 0.15) is 11.5 Å². The molecule has 22 nitrogen and oxygen atoms in total. The van der Waals surface area contributed by atoms with E-state index in [-0.39, 0.29) is 77.8 Å². The Labute approximate surface area is 556 Å². The Morgan fingerprint density at radius 1 is 0.559 bits per heavy atom. The Kier molecular flexibility index (Phi) is 23.9. The number of rotatable bonds is 21. The number of esters is 1. The lowest BCUT2D eigenvalue weighted by Gasteiger charge is -2.09. The van der Waals surface area contributed by atoms with Gasteiger partial charge in [0.2, 0.25) is 5.91 Å². The molecule has 2 amide bonds. The number of nitro benzene ring substituents is 3. The summed E-state index contributed by atoms with van der Waals surface area (Å²) >= 11 is 10.3. The van der Waals surface area contributed by atoms with Gasteiger partial charge in [-0.2, -0.15) is 10.2 Å². The van der Waals surface area contributed by atoms with Crippen molar-refractivity contribution in [3.8, 4) is 11.5 Å². The largest absolute Gasteiger partial charge is 0.507 e. The number of Topliss-reactive ketones (excluding diaryl/α,β-unsaturated/α-hetero) is 1. The Morgan fingerprint density at radius 2 is 1.19 bits per heavy atom. The highest BCUT2D eigenvalue weighted by Gasteiger charge is 2.16. The number of phenolic OH excluding ortho intramolecular Hbond substituents is 1. The van der Waals surface area contributed by atoms with Crippen molar-refractivity contribution in [2.24, 2.45) is 15.2 Å². The van der Waals surface area contributed by atoms with Crippen molar-refractivity contribution in [3.05, 3.63) is 271 Å². The third kappa shape index (κ3) is 19.6. The summed E-state index contributed by atoms with van der Waals surface area (Å²) in [5, 5.41) is 62.3. The first-order chi connectivity index (χ1) is 44.7. The van der Waals surface area contributed by atoms with Crippen LogP contribution in [0.5, 0.6) is 11.5 Å². The molecule has 0 saturated heterocycles. The van der Waals surface area contributed by atoms with E-state index in [4.69, 9.17) is 4.74 Å². The molecular formula is C68H55Br3N10O12. The van der Waals surface area contributed by atoms with Crippen LogP contribution in [0.15, 0.2) is 217 Å². The lowest BCUT2D eigenvalue weighted by Crippen LogP contribution is -2.25. The van der Waals surface area contributed by atoms with Crippen molar-refractivity contribution in [2.45, 2.75) is 26.7 Å². The molecule has 5 N–H and O–H groups in total. The molecular weight excluding hydrogens is 1390 g/mol. The first kappa shape index (κ1) is 68.0. The number of fused-ring (bicyclic) bond motifs is 3. The van der Waals surface area contributed by atoms with E-state index in [2.05, 4.69) is 90.5 Å². The molecule has 470 valence electrons. The van der Waals surface area contributed by atoms with E-state index in [1.54, 1.807) is 36.4 Å². The number of nitrogens with zero attached hydrogens (tertiary/aromatic N) is 6. The fourth-order valence-corrected chi connectivity index (χ4v) is 10.5. The van der Waals surface area contributed by atoms with Gasteiger partial charge in [-0.15, -0.1) is 0 Å². The van der Waals surface area contributed by atoms with Gasteiger partial charge >= 0.3 is 5.97 Å². The summed E-state index contributed by atoms with van der Waals surface area (Å²) in [4.78, 5) is 84.2. The minimum Gasteiger partial charge on any atom is -0.507 e. The van der Waals surface area contributed by atoms with Crippen molar-refractivity contribution in [3.63, 3.8) is 0 Å². The number of hydrogen-bond acceptors (Lipinski definition) is 17. The Balaban J connectivity index is 0.000000182. The average Bonchev–Trinajstić information content (AvgIpc) is 1.09. The van der Waals surface area contributed by atoms with Crippen molar-refractivity contribution in [1.29, 1.82) is 0 Å². The molecule has 0 fully saturated rings. The number of benzene rings is 10. The van der Waals surface area contributed by atoms with Crippen molar-refractivity contribution in [1.82, 2.24) is 10.9 Å². The third-order valence-corrected chi connectivity index (χ3v) is 16.1. The van der Waals surface area contributed by atoms with E-state index in [1.165, 1.54) is 73.2 Å². The van der Waals surface area contributed by atoms with Crippen LogP contribution >= 0.6 is 47.8 Å². The van der Waals surface area contributed by atoms with E-state index < -0.39 is 20.7 Å². The molecule has 10 aromatic carbocycles. The fourth-order valence-electron chi connectivity index (χ4n) is 8.95. The first-order valence-electron chi connectivity index (χ1n) is 28.1. The fraction of sp³-hybridized carbons (Fsp3) is 0.103. The van der Waals surface area contributed by atoms with Gasteiger partial charge < -0.3 is 20.5 Å². The molecule has 0 unspecified atom stereocenters. The zero-order valence-corrected chi connectivity index (χ0v) is 54.2. The van der Waals surface area contributed by atoms with Crippen LogP contribution in [-0.2, 0) is 20.8 Å². The van der Waals surface area contributed by atoms with Gasteiger partial charge in [-0.3, -0.25) is 49.7 Å². The summed E-state index contributed by atoms with van der Waals surface area (Å²) in [6.07, 6.45) is 5.03. The smallest absolute Gasteiger partial charge is 0.343 e. The zero-order chi connectivity index (χ0) is 66.6. The van der Waals surface area contributed by atoms with Crippen LogP contribution < -0.4 is 26.2 Å². The standard InChI is InChI=1S/C27H20BrN3O5.C23H18N4O4.C18H17Br2N3O3/c28-23-10-13-25(36-27(33)20-8-11-24(12-9-20)31(34)35)22(16-23)17-29-30-26(32)14-6-18-5-7-19-3-1-2-4-21(19)15-18;28-22-11-8-16-12-17(27(30)31)9-10-18(16)20(22)13-25-26-23(29)14-24-21-7-3-5-15-4-1-2-6-19(15)21;1-11-3-4-15(23(25)26)5-13(11)8-21-9-16(24)10-22-14-6-17(19)12(2)18(20)7-14/h1-5,7-13,15-17H,6,14H2,(H,30,32);1-13,24,28H,14H2,(H,26,29);3-8,22H,9-10H2,1-2H3/b29-17+;25-13+;. The number of nitrogens with one attached hydrogen (secondary N) is 4. The van der Waals surface area contributed by atoms with E-state index in [9.17, 15) is 54.6 Å². The number of aliphatic imine (C=N–C) groups is 1. The molecule has 0 aliphatic heterocycles. The Hall–Kier alpha value is -10.9. The monoisotopic (exact) mass is 1440 g/mol. The molecule has 10 aromatic rings. The van der Waals surface area contributed by atoms with Crippen LogP contribution in [0.1, 0.15) is 50.2 Å². The molecule has 0 radical (unpaired) electrons. The highest BCUT2D eigenvalue weighted by atomic mass is 79.9. The number of phenols is 1. The summed E-state index contributed by atoms with van der Waals surface area (Å²) in [5.41, 5.74) is 11.0. The van der Waals surface area contributed by atoms with Gasteiger partial charge in [0, 0.05) is 95.9 Å². The maximum Gasteiger partial charge on any atom is 0.343 e. The van der Waals surface area contributed by atoms with Crippen molar-refractivity contribution >= 4 is 151 Å². The number of ketones is 1. The number of ether oxygens (including phenoxy) is 1. The molecule has 10 rings (SSSR count). The van der Waals surface area contributed by atoms with Crippen LogP contribution in [0.25, 0.3) is 32.3 Å². The van der Waals surface area contributed by atoms with Gasteiger partial charge in [-0.25, -0.2) is 15.6 Å². The minimum atomic E-state index is -0.679. The second kappa shape index (κ2) is 32.7. The number of carbonyl (C=O) groups is 4. The number of aryl methyl sites for hydroxylation is 2. The molecule has 0 aliphatic carbocycles. The summed E-state index contributed by atoms with van der Waals surface area (Å²) in [6, 6.07) is 53.6. The lowest BCUT2D eigenvalue weighted by molar-refractivity contribution is -0.385. The number of nitro groups is 3. The van der Waals surface area contributed by atoms with Gasteiger partial charge in [-0.1, -0.05) is 139 Å². The van der Waals surface area contributed by atoms with E-state index in [0.29, 0.717) is 33.9 Å². The number of hydrazone groups is 2. The van der Waals surface area contributed by atoms with E-state index in [1.807, 2.05) is 105 Å². The predicted molar refractivity (Wildman–Crippen MR) is 371 cm³/mol. The number of aromatic hydroxyl groups is 1. The van der Waals surface area contributed by atoms with Crippen LogP contribution in [0.2, 0.25) is 0 Å². The first-order valence-corrected chi connectivity index (χ1v) is 30.5. The van der Waals surface area contributed by atoms with Crippen molar-refractivity contribution in [2.75, 3.05) is 30.3 Å². The van der Waals surface area contributed by atoms with E-state index in [0.717, 1.165) is 63.0 Å². The molecule has 0 aliphatic rings. The maximum atomic E-state index is 12.5. The number of carbonyl (C=O) groups excluding carboxylic acids is 4. The highest BCUT2D eigenvalue weighted by molar-refractivity contribution is 9.11. The summed E-state index contributed by atoms with van der Waals surface area (Å²) in [7, 11) is 0. The molecule has 0 spiro atoms. The van der Waals surface area contributed by atoms with Crippen LogP contribution in [0.3, 0.4) is 0 Å². The topological polar surface area (TPSA) is 312 Å². The minimum absolute atomic E-state index is 0.000526. The lowest BCUT2D eigenvalue weighted by atomic mass is 10.0. The molecule has 0 heterocycles. The van der Waals surface area contributed by atoms with Crippen LogP contribution in [0.4, 0.5) is 28.4 Å². The second-order valence-corrected chi connectivity index (χ2v) is 23.0. The van der Waals surface area contributed by atoms with Gasteiger partial charge in [0.15, 0.2) is 5.78 Å². The number of amides is 2. The van der Waals surface area contributed by atoms with Crippen LogP contribution in [-0.4, -0.2) is 81.7 Å². The SMILES string of the molecule is Cc1ccc([N+](=O)[O-])cc1C=NCC(=O)CNc1cc(Br)c(C)c(Br)c1.O=C(CCc1ccc2ccccc2c1)N/N=C/c1cc(Br)ccc1OC(=O)c1ccc([N+](=O)[O-])cc1.O=C(CNc1cccc2ccccc12)N/N=C/c1c(O)ccc2cc([N+](=O)[O-])ccc12. The highest BCUT2D eigenvalue weighted by Crippen LogP contribution is 2.31. The molecule has 0 aromatic heterocycles. The Morgan fingerprint density at radius 3 is 1.92 bits per heavy atom. The molecule has 0 atom stereocenters. The molecule has 25 heteroatoms. The molecule has 0 bridgehead atoms. The number of halogens is 3. The summed E-state index contributed by atoms with van der Waals surface area (Å²) < 4.78 is 8.07. The molecule has 93 heavy (non-hydrogen) atoms. The summed E-state index contributed by atoms with van der Waals surface area (Å²) in [5.74, 6) is -1.21. The van der Waals surface area contributed by atoms with Gasteiger partial charge in [-0.05, 0) is 125 Å². The summed E-state index contributed by atoms with van der Waals surface area (Å²) in [6.45, 7) is 3.98. The maximum absolute atomic E-state index is 12.5. The zero-order valence-electron chi connectivity index (χ0n) is 49.4. The van der Waals surface area contributed by atoms with Gasteiger partial charge in [0.05, 0.1) is 52.4 Å². The van der Waals surface area contributed by atoms with Crippen LogP contribution in [0, 0.1) is 44.2 Å². The number of hydrogen-bond donors (Lipinski definition) is 5. The van der Waals surface area contributed by atoms with E-state index >= 15 is 0 Å². The number of anilines is 2. The molecule has 0 saturated carbocycles. The number of non-ortho nitro benzene ring substituents is 3. The predicted octanol–water partition coefficient (Wildman–Crippen LogP) is 14.8. The average molecular weight is 1440 g/mol. The Bertz CT molecular complexity index is 4560. The second-order valence-electron chi connectivity index (χ2n) is 20.4. The van der Waals surface area contributed by atoms with Gasteiger partial charge in [0.25, 0.3) is 23.0 Å². The quantitative estimate of drug-likeness (QED) is 0.0147.